The van der Waals surface area contributed by atoms with Crippen molar-refractivity contribution in [1.29, 1.82) is 0 Å². The van der Waals surface area contributed by atoms with Crippen LogP contribution in [-0.2, 0) is 6.54 Å². The lowest BCUT2D eigenvalue weighted by Crippen LogP contribution is -2.19. The molecule has 0 amide bonds. The van der Waals surface area contributed by atoms with Crippen molar-refractivity contribution >= 4 is 21.9 Å². The smallest absolute Gasteiger partial charge is 0.341 e. The van der Waals surface area contributed by atoms with E-state index < -0.39 is 11.4 Å². The van der Waals surface area contributed by atoms with Crippen molar-refractivity contribution in [1.82, 2.24) is 4.57 Å². The summed E-state index contributed by atoms with van der Waals surface area (Å²) in [5, 5.41) is 8.98. The zero-order valence-electron chi connectivity index (χ0n) is 10.3. The monoisotopic (exact) mass is 321 g/mol. The Hall–Kier alpha value is -1.88. The fourth-order valence-electron chi connectivity index (χ4n) is 1.81. The molecule has 0 spiro atoms. The highest BCUT2D eigenvalue weighted by atomic mass is 79.9. The van der Waals surface area contributed by atoms with Gasteiger partial charge in [-0.1, -0.05) is 34.1 Å². The summed E-state index contributed by atoms with van der Waals surface area (Å²) in [6.45, 7) is 2.29. The van der Waals surface area contributed by atoms with Gasteiger partial charge in [0.1, 0.15) is 5.56 Å². The van der Waals surface area contributed by atoms with Gasteiger partial charge in [0, 0.05) is 29.0 Å². The van der Waals surface area contributed by atoms with Gasteiger partial charge in [-0.3, -0.25) is 4.79 Å². The molecule has 0 aliphatic carbocycles. The van der Waals surface area contributed by atoms with Gasteiger partial charge >= 0.3 is 5.97 Å². The van der Waals surface area contributed by atoms with E-state index in [-0.39, 0.29) is 5.56 Å². The molecular formula is C14H12BrNO3. The van der Waals surface area contributed by atoms with Crippen LogP contribution in [0.25, 0.3) is 0 Å². The molecule has 0 unspecified atom stereocenters. The first-order chi connectivity index (χ1) is 8.99. The first kappa shape index (κ1) is 13.5. The number of rotatable bonds is 3. The number of nitrogens with zero attached hydrogens (tertiary/aromatic N) is 1. The molecule has 0 fully saturated rings. The number of halogens is 1. The third kappa shape index (κ3) is 2.93. The second-order valence-corrected chi connectivity index (χ2v) is 5.07. The van der Waals surface area contributed by atoms with Crippen LogP contribution in [0.5, 0.6) is 0 Å². The minimum Gasteiger partial charge on any atom is -0.477 e. The highest BCUT2D eigenvalue weighted by molar-refractivity contribution is 9.10. The van der Waals surface area contributed by atoms with Crippen LogP contribution in [0.1, 0.15) is 21.6 Å². The van der Waals surface area contributed by atoms with Gasteiger partial charge in [0.05, 0.1) is 0 Å². The van der Waals surface area contributed by atoms with Crippen molar-refractivity contribution in [3.63, 3.8) is 0 Å². The second-order valence-electron chi connectivity index (χ2n) is 4.22. The van der Waals surface area contributed by atoms with Gasteiger partial charge in [0.2, 0.25) is 0 Å². The first-order valence-electron chi connectivity index (χ1n) is 5.67. The van der Waals surface area contributed by atoms with Gasteiger partial charge in [0.25, 0.3) is 0 Å². The van der Waals surface area contributed by atoms with Crippen LogP contribution in [0.15, 0.2) is 45.8 Å². The molecule has 0 atom stereocenters. The molecule has 1 heterocycles. The standard InChI is InChI=1S/C14H12BrNO3/c1-9-6-13(17)11(14(18)19)8-16(9)7-10-4-2-3-5-12(10)15/h2-6,8H,7H2,1H3,(H,18,19). The van der Waals surface area contributed by atoms with Gasteiger partial charge in [-0.2, -0.15) is 0 Å². The maximum Gasteiger partial charge on any atom is 0.341 e. The molecule has 98 valence electrons. The maximum atomic E-state index is 11.5. The zero-order chi connectivity index (χ0) is 14.0. The Morgan fingerprint density at radius 2 is 2.05 bits per heavy atom. The quantitative estimate of drug-likeness (QED) is 0.945. The second kappa shape index (κ2) is 5.40. The van der Waals surface area contributed by atoms with Crippen molar-refractivity contribution in [3.05, 3.63) is 68.0 Å². The number of aromatic nitrogens is 1. The highest BCUT2D eigenvalue weighted by Gasteiger charge is 2.11. The zero-order valence-corrected chi connectivity index (χ0v) is 11.8. The van der Waals surface area contributed by atoms with Crippen LogP contribution in [0, 0.1) is 6.92 Å². The summed E-state index contributed by atoms with van der Waals surface area (Å²) in [6.07, 6.45) is 1.39. The Bertz CT molecular complexity index is 691. The van der Waals surface area contributed by atoms with E-state index in [1.54, 1.807) is 11.5 Å². The molecule has 5 heteroatoms. The van der Waals surface area contributed by atoms with E-state index in [0.29, 0.717) is 6.54 Å². The minimum absolute atomic E-state index is 0.211. The number of hydrogen-bond donors (Lipinski definition) is 1. The maximum absolute atomic E-state index is 11.5. The number of aromatic carboxylic acids is 1. The van der Waals surface area contributed by atoms with Crippen LogP contribution in [0.2, 0.25) is 0 Å². The van der Waals surface area contributed by atoms with E-state index in [1.807, 2.05) is 24.3 Å². The molecular weight excluding hydrogens is 310 g/mol. The van der Waals surface area contributed by atoms with E-state index in [9.17, 15) is 9.59 Å². The van der Waals surface area contributed by atoms with E-state index in [0.717, 1.165) is 15.7 Å². The lowest BCUT2D eigenvalue weighted by molar-refractivity contribution is 0.0694. The topological polar surface area (TPSA) is 59.3 Å². The average Bonchev–Trinajstić information content (AvgIpc) is 2.34. The molecule has 4 nitrogen and oxygen atoms in total. The van der Waals surface area contributed by atoms with E-state index in [2.05, 4.69) is 15.9 Å². The molecule has 0 aliphatic heterocycles. The number of pyridine rings is 1. The Kier molecular flexibility index (Phi) is 3.85. The number of carboxylic acid groups (broad SMARTS) is 1. The Morgan fingerprint density at radius 1 is 1.37 bits per heavy atom. The molecule has 0 saturated carbocycles. The van der Waals surface area contributed by atoms with Crippen LogP contribution < -0.4 is 5.43 Å². The first-order valence-corrected chi connectivity index (χ1v) is 6.46. The Labute approximate surface area is 118 Å². The molecule has 0 radical (unpaired) electrons. The van der Waals surface area contributed by atoms with Gasteiger partial charge in [0.15, 0.2) is 5.43 Å². The number of aryl methyl sites for hydroxylation is 1. The summed E-state index contributed by atoms with van der Waals surface area (Å²) in [5.74, 6) is -1.20. The molecule has 1 N–H and O–H groups in total. The van der Waals surface area contributed by atoms with Gasteiger partial charge in [-0.25, -0.2) is 4.79 Å². The predicted molar refractivity (Wildman–Crippen MR) is 75.6 cm³/mol. The van der Waals surface area contributed by atoms with Gasteiger partial charge in [-0.05, 0) is 18.6 Å². The number of hydrogen-bond acceptors (Lipinski definition) is 2. The summed E-state index contributed by atoms with van der Waals surface area (Å²) >= 11 is 3.45. The lowest BCUT2D eigenvalue weighted by Gasteiger charge is -2.12. The molecule has 1 aromatic carbocycles. The fourth-order valence-corrected chi connectivity index (χ4v) is 2.22. The summed E-state index contributed by atoms with van der Waals surface area (Å²) in [4.78, 5) is 22.5. The highest BCUT2D eigenvalue weighted by Crippen LogP contribution is 2.17. The SMILES string of the molecule is Cc1cc(=O)c(C(=O)O)cn1Cc1ccccc1Br. The number of benzene rings is 1. The van der Waals surface area contributed by atoms with Crippen LogP contribution in [0.3, 0.4) is 0 Å². The van der Waals surface area contributed by atoms with Crippen LogP contribution in [0.4, 0.5) is 0 Å². The normalized spacial score (nSPS) is 10.4. The van der Waals surface area contributed by atoms with Crippen LogP contribution >= 0.6 is 15.9 Å². The van der Waals surface area contributed by atoms with Crippen molar-refractivity contribution in [3.8, 4) is 0 Å². The molecule has 2 aromatic rings. The third-order valence-electron chi connectivity index (χ3n) is 2.87. The fraction of sp³-hybridized carbons (Fsp3) is 0.143. The molecule has 19 heavy (non-hydrogen) atoms. The number of carboxylic acids is 1. The van der Waals surface area contributed by atoms with Crippen molar-refractivity contribution < 1.29 is 9.90 Å². The molecule has 0 saturated heterocycles. The summed E-state index contributed by atoms with van der Waals surface area (Å²) in [5.41, 5.74) is 1.07. The third-order valence-corrected chi connectivity index (χ3v) is 3.65. The van der Waals surface area contributed by atoms with Crippen LogP contribution in [-0.4, -0.2) is 15.6 Å². The molecule has 1 aromatic heterocycles. The van der Waals surface area contributed by atoms with Gasteiger partial charge in [-0.15, -0.1) is 0 Å². The predicted octanol–water partition coefficient (Wildman–Crippen LogP) is 2.67. The summed E-state index contributed by atoms with van der Waals surface area (Å²) < 4.78 is 2.70. The molecule has 0 aliphatic rings. The van der Waals surface area contributed by atoms with Crippen molar-refractivity contribution in [2.24, 2.45) is 0 Å². The number of carbonyl (C=O) groups is 1. The van der Waals surface area contributed by atoms with Gasteiger partial charge < -0.3 is 9.67 Å². The summed E-state index contributed by atoms with van der Waals surface area (Å²) in [6, 6.07) is 9.04. The molecule has 0 bridgehead atoms. The van der Waals surface area contributed by atoms with Crippen molar-refractivity contribution in [2.45, 2.75) is 13.5 Å². The molecule has 2 rings (SSSR count). The summed E-state index contributed by atoms with van der Waals surface area (Å²) in [7, 11) is 0. The average molecular weight is 322 g/mol. The van der Waals surface area contributed by atoms with E-state index in [1.165, 1.54) is 12.3 Å². The van der Waals surface area contributed by atoms with E-state index >= 15 is 0 Å². The minimum atomic E-state index is -1.20. The lowest BCUT2D eigenvalue weighted by atomic mass is 10.2. The Morgan fingerprint density at radius 3 is 2.68 bits per heavy atom. The van der Waals surface area contributed by atoms with Crippen molar-refractivity contribution in [2.75, 3.05) is 0 Å². The largest absolute Gasteiger partial charge is 0.477 e. The van der Waals surface area contributed by atoms with E-state index in [4.69, 9.17) is 5.11 Å². The Balaban J connectivity index is 2.46.